The van der Waals surface area contributed by atoms with Gasteiger partial charge in [0.15, 0.2) is 5.96 Å². The van der Waals surface area contributed by atoms with Crippen molar-refractivity contribution in [1.29, 1.82) is 0 Å². The first-order valence-electron chi connectivity index (χ1n) is 9.08. The lowest BCUT2D eigenvalue weighted by Crippen LogP contribution is -2.38. The van der Waals surface area contributed by atoms with Crippen molar-refractivity contribution in [2.75, 3.05) is 40.0 Å². The van der Waals surface area contributed by atoms with E-state index >= 15 is 0 Å². The first-order valence-corrected chi connectivity index (χ1v) is 9.08. The number of guanidine groups is 1. The average Bonchev–Trinajstić information content (AvgIpc) is 3.12. The van der Waals surface area contributed by atoms with Crippen molar-refractivity contribution >= 4 is 5.96 Å². The maximum Gasteiger partial charge on any atom is 0.191 e. The van der Waals surface area contributed by atoms with Crippen LogP contribution in [-0.2, 0) is 16.0 Å². The Morgan fingerprint density at radius 2 is 2.24 bits per heavy atom. The molecule has 1 aliphatic rings. The third-order valence-corrected chi connectivity index (χ3v) is 4.02. The fourth-order valence-electron chi connectivity index (χ4n) is 2.66. The van der Waals surface area contributed by atoms with Gasteiger partial charge in [0.05, 0.1) is 19.3 Å². The second-order valence-corrected chi connectivity index (χ2v) is 6.17. The predicted molar refractivity (Wildman–Crippen MR) is 100 cm³/mol. The lowest BCUT2D eigenvalue weighted by molar-refractivity contribution is 0.0676. The summed E-state index contributed by atoms with van der Waals surface area (Å²) >= 11 is 0. The zero-order chi connectivity index (χ0) is 17.9. The lowest BCUT2D eigenvalue weighted by Gasteiger charge is -2.15. The summed E-state index contributed by atoms with van der Waals surface area (Å²) in [7, 11) is 1.69. The number of ether oxygens (including phenoxy) is 3. The molecule has 140 valence electrons. The molecule has 0 spiro atoms. The Kier molecular flexibility index (Phi) is 8.55. The molecule has 0 aliphatic carbocycles. The monoisotopic (exact) mass is 349 g/mol. The van der Waals surface area contributed by atoms with Crippen LogP contribution in [0.25, 0.3) is 0 Å². The summed E-state index contributed by atoms with van der Waals surface area (Å²) in [5.41, 5.74) is 2.26. The first kappa shape index (κ1) is 19.5. The standard InChI is InChI=1S/C19H31N3O3/c1-4-20-19(21-9-11-23-3)22-13-16-8-7-15(2)12-18(16)25-14-17-6-5-10-24-17/h7-8,12,17H,4-6,9-11,13-14H2,1-3H3,(H2,20,21,22). The van der Waals surface area contributed by atoms with Crippen molar-refractivity contribution in [3.63, 3.8) is 0 Å². The Balaban J connectivity index is 1.99. The summed E-state index contributed by atoms with van der Waals surface area (Å²) in [5, 5.41) is 6.49. The highest BCUT2D eigenvalue weighted by molar-refractivity contribution is 5.79. The Bertz CT molecular complexity index is 543. The zero-order valence-electron chi connectivity index (χ0n) is 15.6. The number of hydrogen-bond acceptors (Lipinski definition) is 4. The fraction of sp³-hybridized carbons (Fsp3) is 0.632. The zero-order valence-corrected chi connectivity index (χ0v) is 15.6. The van der Waals surface area contributed by atoms with Crippen LogP contribution in [0.2, 0.25) is 0 Å². The first-order chi connectivity index (χ1) is 12.2. The van der Waals surface area contributed by atoms with Gasteiger partial charge in [0.1, 0.15) is 12.4 Å². The largest absolute Gasteiger partial charge is 0.491 e. The van der Waals surface area contributed by atoms with Gasteiger partial charge in [-0.25, -0.2) is 4.99 Å². The quantitative estimate of drug-likeness (QED) is 0.407. The molecule has 25 heavy (non-hydrogen) atoms. The van der Waals surface area contributed by atoms with Crippen LogP contribution in [0.4, 0.5) is 0 Å². The van der Waals surface area contributed by atoms with Crippen LogP contribution in [0, 0.1) is 6.92 Å². The van der Waals surface area contributed by atoms with E-state index < -0.39 is 0 Å². The number of aliphatic imine (C=N–C) groups is 1. The van der Waals surface area contributed by atoms with Gasteiger partial charge in [-0.2, -0.15) is 0 Å². The molecule has 0 amide bonds. The van der Waals surface area contributed by atoms with E-state index in [0.29, 0.717) is 19.8 Å². The topological polar surface area (TPSA) is 64.1 Å². The summed E-state index contributed by atoms with van der Waals surface area (Å²) in [6, 6.07) is 6.25. The molecule has 0 radical (unpaired) electrons. The minimum atomic E-state index is 0.213. The van der Waals surface area contributed by atoms with E-state index in [1.807, 2.05) is 0 Å². The Hall–Kier alpha value is -1.79. The van der Waals surface area contributed by atoms with Crippen LogP contribution in [0.1, 0.15) is 30.9 Å². The molecule has 0 bridgehead atoms. The Morgan fingerprint density at radius 1 is 1.36 bits per heavy atom. The summed E-state index contributed by atoms with van der Waals surface area (Å²) in [5.74, 6) is 1.68. The van der Waals surface area contributed by atoms with Gasteiger partial charge in [-0.05, 0) is 38.3 Å². The second-order valence-electron chi connectivity index (χ2n) is 6.17. The molecule has 1 saturated heterocycles. The van der Waals surface area contributed by atoms with Crippen molar-refractivity contribution in [3.8, 4) is 5.75 Å². The van der Waals surface area contributed by atoms with E-state index in [1.165, 1.54) is 5.56 Å². The lowest BCUT2D eigenvalue weighted by atomic mass is 10.1. The van der Waals surface area contributed by atoms with Gasteiger partial charge in [-0.15, -0.1) is 0 Å². The summed E-state index contributed by atoms with van der Waals surface area (Å²) < 4.78 is 16.8. The van der Waals surface area contributed by atoms with Gasteiger partial charge in [0.2, 0.25) is 0 Å². The number of benzene rings is 1. The highest BCUT2D eigenvalue weighted by Crippen LogP contribution is 2.23. The van der Waals surface area contributed by atoms with Gasteiger partial charge in [0, 0.05) is 32.4 Å². The van der Waals surface area contributed by atoms with Gasteiger partial charge in [0.25, 0.3) is 0 Å². The van der Waals surface area contributed by atoms with E-state index in [-0.39, 0.29) is 6.10 Å². The van der Waals surface area contributed by atoms with Crippen molar-refractivity contribution in [3.05, 3.63) is 29.3 Å². The van der Waals surface area contributed by atoms with E-state index in [9.17, 15) is 0 Å². The van der Waals surface area contributed by atoms with Crippen molar-refractivity contribution in [2.45, 2.75) is 39.3 Å². The molecule has 0 aromatic heterocycles. The van der Waals surface area contributed by atoms with E-state index in [1.54, 1.807) is 7.11 Å². The summed E-state index contributed by atoms with van der Waals surface area (Å²) in [6.07, 6.45) is 2.41. The molecule has 1 atom stereocenters. The molecule has 1 heterocycles. The Labute approximate surface area is 151 Å². The van der Waals surface area contributed by atoms with Crippen LogP contribution >= 0.6 is 0 Å². The number of methoxy groups -OCH3 is 1. The van der Waals surface area contributed by atoms with Gasteiger partial charge in [-0.1, -0.05) is 12.1 Å². The van der Waals surface area contributed by atoms with Crippen molar-refractivity contribution in [2.24, 2.45) is 4.99 Å². The van der Waals surface area contributed by atoms with E-state index in [0.717, 1.165) is 49.8 Å². The average molecular weight is 349 g/mol. The highest BCUT2D eigenvalue weighted by Gasteiger charge is 2.16. The van der Waals surface area contributed by atoms with Crippen LogP contribution in [-0.4, -0.2) is 52.1 Å². The maximum absolute atomic E-state index is 6.04. The van der Waals surface area contributed by atoms with Gasteiger partial charge in [-0.3, -0.25) is 0 Å². The normalized spacial score (nSPS) is 17.6. The molecule has 1 aliphatic heterocycles. The molecular formula is C19H31N3O3. The maximum atomic E-state index is 6.04. The predicted octanol–water partition coefficient (Wildman–Crippen LogP) is 2.25. The minimum Gasteiger partial charge on any atom is -0.491 e. The third-order valence-electron chi connectivity index (χ3n) is 4.02. The van der Waals surface area contributed by atoms with Crippen molar-refractivity contribution in [1.82, 2.24) is 10.6 Å². The second kappa shape index (κ2) is 10.9. The SMILES string of the molecule is CCNC(=NCc1ccc(C)cc1OCC1CCCO1)NCCOC. The highest BCUT2D eigenvalue weighted by atomic mass is 16.5. The van der Waals surface area contributed by atoms with Crippen LogP contribution < -0.4 is 15.4 Å². The number of nitrogens with one attached hydrogen (secondary N) is 2. The minimum absolute atomic E-state index is 0.213. The van der Waals surface area contributed by atoms with Crippen LogP contribution in [0.15, 0.2) is 23.2 Å². The molecule has 1 aromatic carbocycles. The van der Waals surface area contributed by atoms with Gasteiger partial charge < -0.3 is 24.8 Å². The molecule has 1 aromatic rings. The van der Waals surface area contributed by atoms with Crippen LogP contribution in [0.3, 0.4) is 0 Å². The number of aryl methyl sites for hydroxylation is 1. The molecular weight excluding hydrogens is 318 g/mol. The molecule has 2 rings (SSSR count). The number of nitrogens with zero attached hydrogens (tertiary/aromatic N) is 1. The number of hydrogen-bond donors (Lipinski definition) is 2. The molecule has 0 saturated carbocycles. The van der Waals surface area contributed by atoms with Crippen LogP contribution in [0.5, 0.6) is 5.75 Å². The Morgan fingerprint density at radius 3 is 2.96 bits per heavy atom. The molecule has 2 N–H and O–H groups in total. The van der Waals surface area contributed by atoms with E-state index in [4.69, 9.17) is 14.2 Å². The summed E-state index contributed by atoms with van der Waals surface area (Å²) in [4.78, 5) is 4.65. The number of rotatable bonds is 9. The van der Waals surface area contributed by atoms with Crippen molar-refractivity contribution < 1.29 is 14.2 Å². The molecule has 6 nitrogen and oxygen atoms in total. The fourth-order valence-corrected chi connectivity index (χ4v) is 2.66. The molecule has 1 fully saturated rings. The molecule has 6 heteroatoms. The summed E-state index contributed by atoms with van der Waals surface area (Å²) in [6.45, 7) is 8.31. The van der Waals surface area contributed by atoms with Gasteiger partial charge >= 0.3 is 0 Å². The van der Waals surface area contributed by atoms with E-state index in [2.05, 4.69) is 47.7 Å². The molecule has 1 unspecified atom stereocenters. The smallest absolute Gasteiger partial charge is 0.191 e. The third kappa shape index (κ3) is 6.92.